The van der Waals surface area contributed by atoms with Crippen molar-refractivity contribution in [2.24, 2.45) is 0 Å². The first-order valence-corrected chi connectivity index (χ1v) is 7.85. The van der Waals surface area contributed by atoms with Gasteiger partial charge in [-0.15, -0.1) is 0 Å². The fourth-order valence-electron chi connectivity index (χ4n) is 2.85. The zero-order chi connectivity index (χ0) is 17.4. The number of rotatable bonds is 2. The molecule has 0 saturated carbocycles. The molecule has 0 amide bonds. The van der Waals surface area contributed by atoms with Crippen LogP contribution in [0.25, 0.3) is 0 Å². The monoisotopic (exact) mass is 334 g/mol. The number of anilines is 3. The van der Waals surface area contributed by atoms with Gasteiger partial charge in [0.15, 0.2) is 5.78 Å². The summed E-state index contributed by atoms with van der Waals surface area (Å²) in [4.78, 5) is 12.5. The quantitative estimate of drug-likeness (QED) is 0.668. The van der Waals surface area contributed by atoms with Crippen LogP contribution < -0.4 is 15.8 Å². The average molecular weight is 334 g/mol. The van der Waals surface area contributed by atoms with Crippen molar-refractivity contribution in [3.63, 3.8) is 0 Å². The molecule has 1 aliphatic heterocycles. The van der Waals surface area contributed by atoms with Crippen molar-refractivity contribution in [3.8, 4) is 11.5 Å². The maximum absolute atomic E-state index is 13.2. The Morgan fingerprint density at radius 1 is 1.00 bits per heavy atom. The smallest absolute Gasteiger partial charge is 0.171 e. The maximum Gasteiger partial charge on any atom is 0.171 e. The molecule has 4 nitrogen and oxygen atoms in total. The Hall–Kier alpha value is -3.34. The number of Topliss-reactive ketones (excluding diaryl/α,β-unsaturated/α-hetero) is 1. The van der Waals surface area contributed by atoms with Gasteiger partial charge in [0.05, 0.1) is 16.9 Å². The van der Waals surface area contributed by atoms with Crippen molar-refractivity contribution in [1.29, 1.82) is 0 Å². The first-order valence-electron chi connectivity index (χ1n) is 7.85. The summed E-state index contributed by atoms with van der Waals surface area (Å²) in [7, 11) is 0. The fraction of sp³-hybridized carbons (Fsp3) is 0.0500. The van der Waals surface area contributed by atoms with E-state index in [2.05, 4.69) is 5.32 Å². The molecule has 1 aliphatic rings. The summed E-state index contributed by atoms with van der Waals surface area (Å²) in [5, 5.41) is 3.13. The molecule has 0 radical (unpaired) electrons. The summed E-state index contributed by atoms with van der Waals surface area (Å²) in [6.45, 7) is 0. The highest BCUT2D eigenvalue weighted by molar-refractivity contribution is 6.01. The Kier molecular flexibility index (Phi) is 3.61. The molecule has 0 unspecified atom stereocenters. The first kappa shape index (κ1) is 15.2. The SMILES string of the molecule is Nc1cc(F)ccc1Nc1ccc2c(c1)Oc1ccccc1CC2=O. The molecule has 0 spiro atoms. The predicted octanol–water partition coefficient (Wildman–Crippen LogP) is 4.68. The third-order valence-electron chi connectivity index (χ3n) is 4.12. The van der Waals surface area contributed by atoms with E-state index in [-0.39, 0.29) is 5.78 Å². The Morgan fingerprint density at radius 2 is 1.84 bits per heavy atom. The van der Waals surface area contributed by atoms with Crippen LogP contribution in [0.3, 0.4) is 0 Å². The Balaban J connectivity index is 1.70. The van der Waals surface area contributed by atoms with Crippen LogP contribution in [-0.2, 0) is 6.42 Å². The van der Waals surface area contributed by atoms with Crippen LogP contribution in [0.5, 0.6) is 11.5 Å². The first-order chi connectivity index (χ1) is 12.1. The van der Waals surface area contributed by atoms with Gasteiger partial charge in [0, 0.05) is 23.7 Å². The second kappa shape index (κ2) is 5.94. The minimum atomic E-state index is -0.393. The lowest BCUT2D eigenvalue weighted by atomic mass is 10.0. The lowest BCUT2D eigenvalue weighted by Gasteiger charge is -2.13. The lowest BCUT2D eigenvalue weighted by Crippen LogP contribution is -2.02. The molecule has 124 valence electrons. The van der Waals surface area contributed by atoms with Gasteiger partial charge in [-0.1, -0.05) is 18.2 Å². The average Bonchev–Trinajstić information content (AvgIpc) is 2.73. The molecule has 0 atom stereocenters. The van der Waals surface area contributed by atoms with Crippen LogP contribution in [0, 0.1) is 5.82 Å². The van der Waals surface area contributed by atoms with Gasteiger partial charge in [0.25, 0.3) is 0 Å². The van der Waals surface area contributed by atoms with E-state index in [0.29, 0.717) is 40.5 Å². The van der Waals surface area contributed by atoms with Crippen LogP contribution in [0.4, 0.5) is 21.5 Å². The second-order valence-electron chi connectivity index (χ2n) is 5.88. The number of carbonyl (C=O) groups excluding carboxylic acids is 1. The number of para-hydroxylation sites is 1. The van der Waals surface area contributed by atoms with Crippen molar-refractivity contribution < 1.29 is 13.9 Å². The van der Waals surface area contributed by atoms with Crippen LogP contribution >= 0.6 is 0 Å². The Labute approximate surface area is 144 Å². The van der Waals surface area contributed by atoms with Gasteiger partial charge >= 0.3 is 0 Å². The molecular formula is C20H15FN2O2. The molecule has 25 heavy (non-hydrogen) atoms. The van der Waals surface area contributed by atoms with E-state index < -0.39 is 5.82 Å². The summed E-state index contributed by atoms with van der Waals surface area (Å²) >= 11 is 0. The van der Waals surface area contributed by atoms with Crippen molar-refractivity contribution >= 4 is 22.8 Å². The standard InChI is InChI=1S/C20H15FN2O2/c21-13-5-8-17(16(22)10-13)23-14-6-7-15-18(24)9-12-3-1-2-4-19(12)25-20(15)11-14/h1-8,10-11,23H,9,22H2. The van der Waals surface area contributed by atoms with E-state index in [4.69, 9.17) is 10.5 Å². The van der Waals surface area contributed by atoms with Crippen molar-refractivity contribution in [2.75, 3.05) is 11.1 Å². The third-order valence-corrected chi connectivity index (χ3v) is 4.12. The predicted molar refractivity (Wildman–Crippen MR) is 95.1 cm³/mol. The normalized spacial score (nSPS) is 12.6. The van der Waals surface area contributed by atoms with Gasteiger partial charge in [-0.25, -0.2) is 4.39 Å². The summed E-state index contributed by atoms with van der Waals surface area (Å²) in [5.74, 6) is 0.775. The van der Waals surface area contributed by atoms with Crippen molar-refractivity contribution in [3.05, 3.63) is 77.6 Å². The molecule has 0 fully saturated rings. The molecule has 3 aromatic rings. The molecule has 1 heterocycles. The van der Waals surface area contributed by atoms with Crippen molar-refractivity contribution in [2.45, 2.75) is 6.42 Å². The number of nitrogens with one attached hydrogen (secondary N) is 1. The zero-order valence-electron chi connectivity index (χ0n) is 13.3. The minimum absolute atomic E-state index is 0.00722. The Morgan fingerprint density at radius 3 is 2.68 bits per heavy atom. The van der Waals surface area contributed by atoms with E-state index in [1.54, 1.807) is 24.3 Å². The van der Waals surface area contributed by atoms with Crippen LogP contribution in [-0.4, -0.2) is 5.78 Å². The van der Waals surface area contributed by atoms with E-state index in [1.165, 1.54) is 12.1 Å². The molecule has 4 rings (SSSR count). The van der Waals surface area contributed by atoms with Crippen LogP contribution in [0.15, 0.2) is 60.7 Å². The number of hydrogen-bond acceptors (Lipinski definition) is 4. The maximum atomic E-state index is 13.2. The number of fused-ring (bicyclic) bond motifs is 2. The summed E-state index contributed by atoms with van der Waals surface area (Å²) in [6, 6.07) is 16.9. The number of nitrogens with two attached hydrogens (primary N) is 1. The third kappa shape index (κ3) is 2.92. The van der Waals surface area contributed by atoms with Gasteiger partial charge in [-0.05, 0) is 36.4 Å². The summed E-state index contributed by atoms with van der Waals surface area (Å²) < 4.78 is 19.1. The van der Waals surface area contributed by atoms with Gasteiger partial charge < -0.3 is 15.8 Å². The molecule has 3 aromatic carbocycles. The number of ketones is 1. The fourth-order valence-corrected chi connectivity index (χ4v) is 2.85. The van der Waals surface area contributed by atoms with Gasteiger partial charge in [-0.3, -0.25) is 4.79 Å². The lowest BCUT2D eigenvalue weighted by molar-refractivity contribution is 0.0993. The number of halogens is 1. The zero-order valence-corrected chi connectivity index (χ0v) is 13.3. The molecule has 0 bridgehead atoms. The molecule has 0 saturated heterocycles. The molecule has 5 heteroatoms. The number of benzene rings is 3. The summed E-state index contributed by atoms with van der Waals surface area (Å²) in [5.41, 5.74) is 8.81. The van der Waals surface area contributed by atoms with E-state index in [0.717, 1.165) is 5.56 Å². The van der Waals surface area contributed by atoms with E-state index in [9.17, 15) is 9.18 Å². The van der Waals surface area contributed by atoms with Gasteiger partial charge in [0.2, 0.25) is 0 Å². The number of ether oxygens (including phenoxy) is 1. The number of nitrogen functional groups attached to an aromatic ring is 1. The van der Waals surface area contributed by atoms with E-state index in [1.807, 2.05) is 24.3 Å². The molecular weight excluding hydrogens is 319 g/mol. The number of carbonyl (C=O) groups is 1. The highest BCUT2D eigenvalue weighted by Crippen LogP contribution is 2.36. The number of hydrogen-bond donors (Lipinski definition) is 2. The van der Waals surface area contributed by atoms with Crippen molar-refractivity contribution in [1.82, 2.24) is 0 Å². The highest BCUT2D eigenvalue weighted by atomic mass is 19.1. The molecule has 0 aromatic heterocycles. The Bertz CT molecular complexity index is 985. The minimum Gasteiger partial charge on any atom is -0.456 e. The summed E-state index contributed by atoms with van der Waals surface area (Å²) in [6.07, 6.45) is 0.306. The molecule has 3 N–H and O–H groups in total. The second-order valence-corrected chi connectivity index (χ2v) is 5.88. The highest BCUT2D eigenvalue weighted by Gasteiger charge is 2.21. The van der Waals surface area contributed by atoms with Gasteiger partial charge in [-0.2, -0.15) is 0 Å². The van der Waals surface area contributed by atoms with Gasteiger partial charge in [0.1, 0.15) is 17.3 Å². The van der Waals surface area contributed by atoms with Crippen LogP contribution in [0.2, 0.25) is 0 Å². The van der Waals surface area contributed by atoms with E-state index >= 15 is 0 Å². The topological polar surface area (TPSA) is 64.3 Å². The van der Waals surface area contributed by atoms with Crippen LogP contribution in [0.1, 0.15) is 15.9 Å². The molecule has 0 aliphatic carbocycles. The largest absolute Gasteiger partial charge is 0.456 e.